The molecule has 1 saturated carbocycles. The standard InChI is InChI=1S/C20H23NO4/c1-13(22)17-5-4-15-3-2-14(12-18(15)21-17)6-9-20(19(24)25)10-7-16(23)8-11-20/h2-6,9,12-13,16,22-23H,7-8,10-11H2,1H3,(H,24,25)/t13-,16?,20?/m1/s1. The Morgan fingerprint density at radius 3 is 2.60 bits per heavy atom. The zero-order valence-corrected chi connectivity index (χ0v) is 14.2. The van der Waals surface area contributed by atoms with Crippen LogP contribution in [0.1, 0.15) is 50.0 Å². The molecule has 1 fully saturated rings. The molecule has 0 saturated heterocycles. The molecule has 0 spiro atoms. The van der Waals surface area contributed by atoms with Gasteiger partial charge in [0.2, 0.25) is 0 Å². The van der Waals surface area contributed by atoms with E-state index in [9.17, 15) is 20.1 Å². The molecule has 1 aliphatic carbocycles. The number of fused-ring (bicyclic) bond motifs is 1. The Balaban J connectivity index is 1.90. The highest BCUT2D eigenvalue weighted by Gasteiger charge is 2.39. The maximum atomic E-state index is 11.8. The molecule has 5 heteroatoms. The van der Waals surface area contributed by atoms with Crippen molar-refractivity contribution in [3.8, 4) is 0 Å². The van der Waals surface area contributed by atoms with Crippen molar-refractivity contribution in [2.75, 3.05) is 0 Å². The number of carboxylic acid groups (broad SMARTS) is 1. The first-order valence-electron chi connectivity index (χ1n) is 8.59. The average molecular weight is 341 g/mol. The number of hydrogen-bond donors (Lipinski definition) is 3. The zero-order valence-electron chi connectivity index (χ0n) is 14.2. The number of aliphatic hydroxyl groups is 2. The minimum atomic E-state index is -0.914. The molecule has 0 amide bonds. The van der Waals surface area contributed by atoms with E-state index in [4.69, 9.17) is 0 Å². The van der Waals surface area contributed by atoms with Crippen LogP contribution in [0.3, 0.4) is 0 Å². The lowest BCUT2D eigenvalue weighted by Gasteiger charge is -2.32. The smallest absolute Gasteiger partial charge is 0.313 e. The normalized spacial score (nSPS) is 25.3. The number of nitrogens with zero attached hydrogens (tertiary/aromatic N) is 1. The highest BCUT2D eigenvalue weighted by Crippen LogP contribution is 2.38. The van der Waals surface area contributed by atoms with E-state index in [0.717, 1.165) is 16.5 Å². The van der Waals surface area contributed by atoms with Gasteiger partial charge in [0, 0.05) is 5.39 Å². The van der Waals surface area contributed by atoms with E-state index in [1.807, 2.05) is 30.3 Å². The molecule has 3 rings (SSSR count). The minimum Gasteiger partial charge on any atom is -0.481 e. The van der Waals surface area contributed by atoms with E-state index in [0.29, 0.717) is 31.4 Å². The second-order valence-corrected chi connectivity index (χ2v) is 6.89. The summed E-state index contributed by atoms with van der Waals surface area (Å²) in [7, 11) is 0. The summed E-state index contributed by atoms with van der Waals surface area (Å²) in [6.07, 6.45) is 4.44. The van der Waals surface area contributed by atoms with E-state index in [1.165, 1.54) is 0 Å². The number of carbonyl (C=O) groups is 1. The topological polar surface area (TPSA) is 90.7 Å². The molecule has 1 heterocycles. The van der Waals surface area contributed by atoms with Crippen molar-refractivity contribution in [1.82, 2.24) is 4.98 Å². The molecule has 1 atom stereocenters. The second-order valence-electron chi connectivity index (χ2n) is 6.89. The van der Waals surface area contributed by atoms with Gasteiger partial charge in [-0.1, -0.05) is 30.4 Å². The fourth-order valence-electron chi connectivity index (χ4n) is 3.31. The van der Waals surface area contributed by atoms with Crippen LogP contribution in [-0.4, -0.2) is 32.4 Å². The molecule has 0 bridgehead atoms. The molecule has 1 aliphatic rings. The molecule has 5 nitrogen and oxygen atoms in total. The molecule has 0 aliphatic heterocycles. The van der Waals surface area contributed by atoms with E-state index < -0.39 is 23.6 Å². The Hall–Kier alpha value is -2.24. The van der Waals surface area contributed by atoms with Crippen molar-refractivity contribution < 1.29 is 20.1 Å². The lowest BCUT2D eigenvalue weighted by Crippen LogP contribution is -2.35. The number of rotatable bonds is 4. The maximum Gasteiger partial charge on any atom is 0.313 e. The molecule has 0 unspecified atom stereocenters. The van der Waals surface area contributed by atoms with Gasteiger partial charge in [0.1, 0.15) is 0 Å². The first-order chi connectivity index (χ1) is 11.9. The Bertz CT molecular complexity index is 804. The summed E-state index contributed by atoms with van der Waals surface area (Å²) in [4.78, 5) is 16.2. The largest absolute Gasteiger partial charge is 0.481 e. The van der Waals surface area contributed by atoms with Gasteiger partial charge in [-0.2, -0.15) is 0 Å². The zero-order chi connectivity index (χ0) is 18.0. The van der Waals surface area contributed by atoms with Crippen molar-refractivity contribution in [1.29, 1.82) is 0 Å². The minimum absolute atomic E-state index is 0.398. The summed E-state index contributed by atoms with van der Waals surface area (Å²) in [6, 6.07) is 9.47. The Morgan fingerprint density at radius 2 is 1.96 bits per heavy atom. The lowest BCUT2D eigenvalue weighted by molar-refractivity contribution is -0.148. The van der Waals surface area contributed by atoms with Gasteiger partial charge in [-0.25, -0.2) is 0 Å². The van der Waals surface area contributed by atoms with Gasteiger partial charge in [-0.05, 0) is 50.3 Å². The van der Waals surface area contributed by atoms with Gasteiger partial charge in [0.25, 0.3) is 0 Å². The van der Waals surface area contributed by atoms with E-state index in [-0.39, 0.29) is 0 Å². The highest BCUT2D eigenvalue weighted by atomic mass is 16.4. The predicted octanol–water partition coefficient (Wildman–Crippen LogP) is 3.31. The van der Waals surface area contributed by atoms with Crippen LogP contribution in [0.25, 0.3) is 17.0 Å². The monoisotopic (exact) mass is 341 g/mol. The number of aliphatic carboxylic acids is 1. The highest BCUT2D eigenvalue weighted by molar-refractivity contribution is 5.82. The molecular weight excluding hydrogens is 318 g/mol. The number of carboxylic acids is 1. The van der Waals surface area contributed by atoms with Crippen LogP contribution in [0.5, 0.6) is 0 Å². The van der Waals surface area contributed by atoms with Gasteiger partial charge in [0.15, 0.2) is 0 Å². The third kappa shape index (κ3) is 3.72. The molecule has 2 aromatic rings. The van der Waals surface area contributed by atoms with Crippen LogP contribution < -0.4 is 0 Å². The van der Waals surface area contributed by atoms with Gasteiger partial charge in [-0.3, -0.25) is 9.78 Å². The van der Waals surface area contributed by atoms with E-state index >= 15 is 0 Å². The molecule has 1 aromatic heterocycles. The molecule has 25 heavy (non-hydrogen) atoms. The number of benzene rings is 1. The summed E-state index contributed by atoms with van der Waals surface area (Å²) in [5, 5.41) is 29.9. The Morgan fingerprint density at radius 1 is 1.28 bits per heavy atom. The van der Waals surface area contributed by atoms with Gasteiger partial charge in [0.05, 0.1) is 28.8 Å². The SMILES string of the molecule is C[C@@H](O)c1ccc2ccc(C=CC3(C(=O)O)CCC(O)CC3)cc2n1. The second kappa shape index (κ2) is 6.94. The van der Waals surface area contributed by atoms with Crippen LogP contribution in [0.2, 0.25) is 0 Å². The van der Waals surface area contributed by atoms with Gasteiger partial charge < -0.3 is 15.3 Å². The number of pyridine rings is 1. The van der Waals surface area contributed by atoms with Crippen molar-refractivity contribution in [3.05, 3.63) is 47.7 Å². The molecule has 1 aromatic carbocycles. The Labute approximate surface area is 146 Å². The van der Waals surface area contributed by atoms with Gasteiger partial charge in [-0.15, -0.1) is 0 Å². The number of hydrogen-bond acceptors (Lipinski definition) is 4. The van der Waals surface area contributed by atoms with Crippen molar-refractivity contribution in [2.45, 2.75) is 44.8 Å². The van der Waals surface area contributed by atoms with Crippen LogP contribution >= 0.6 is 0 Å². The molecule has 132 valence electrons. The van der Waals surface area contributed by atoms with Crippen molar-refractivity contribution >= 4 is 22.9 Å². The summed E-state index contributed by atoms with van der Waals surface area (Å²) >= 11 is 0. The summed E-state index contributed by atoms with van der Waals surface area (Å²) in [5.74, 6) is -0.842. The summed E-state index contributed by atoms with van der Waals surface area (Å²) < 4.78 is 0. The van der Waals surface area contributed by atoms with Crippen molar-refractivity contribution in [2.24, 2.45) is 5.41 Å². The molecule has 0 radical (unpaired) electrons. The average Bonchev–Trinajstić information content (AvgIpc) is 2.60. The van der Waals surface area contributed by atoms with E-state index in [1.54, 1.807) is 19.1 Å². The molecular formula is C20H23NO4. The first kappa shape index (κ1) is 17.6. The predicted molar refractivity (Wildman–Crippen MR) is 96.0 cm³/mol. The maximum absolute atomic E-state index is 11.8. The van der Waals surface area contributed by atoms with Crippen molar-refractivity contribution in [3.63, 3.8) is 0 Å². The number of aliphatic hydroxyl groups excluding tert-OH is 2. The molecule has 3 N–H and O–H groups in total. The fourth-order valence-corrected chi connectivity index (χ4v) is 3.31. The van der Waals surface area contributed by atoms with E-state index in [2.05, 4.69) is 4.98 Å². The van der Waals surface area contributed by atoms with Gasteiger partial charge >= 0.3 is 5.97 Å². The number of aromatic nitrogens is 1. The van der Waals surface area contributed by atoms with Crippen LogP contribution in [0.4, 0.5) is 0 Å². The summed E-state index contributed by atoms with van der Waals surface area (Å²) in [5.41, 5.74) is 1.33. The van der Waals surface area contributed by atoms with Crippen LogP contribution in [-0.2, 0) is 4.79 Å². The van der Waals surface area contributed by atoms with Crippen LogP contribution in [0, 0.1) is 5.41 Å². The quantitative estimate of drug-likeness (QED) is 0.794. The summed E-state index contributed by atoms with van der Waals surface area (Å²) in [6.45, 7) is 1.67. The fraction of sp³-hybridized carbons (Fsp3) is 0.400. The third-order valence-electron chi connectivity index (χ3n) is 5.03. The van der Waals surface area contributed by atoms with Crippen LogP contribution in [0.15, 0.2) is 36.4 Å². The third-order valence-corrected chi connectivity index (χ3v) is 5.03. The Kier molecular flexibility index (Phi) is 4.88. The first-order valence-corrected chi connectivity index (χ1v) is 8.59. The lowest BCUT2D eigenvalue weighted by atomic mass is 9.73.